The van der Waals surface area contributed by atoms with Crippen molar-refractivity contribution in [1.29, 1.82) is 0 Å². The molecule has 1 amide bonds. The van der Waals surface area contributed by atoms with Crippen LogP contribution in [0.5, 0.6) is 5.75 Å². The second-order valence-electron chi connectivity index (χ2n) is 6.20. The molecule has 6 nitrogen and oxygen atoms in total. The fourth-order valence-electron chi connectivity index (χ4n) is 2.93. The van der Waals surface area contributed by atoms with Crippen LogP contribution in [0.2, 0.25) is 0 Å². The van der Waals surface area contributed by atoms with E-state index in [-0.39, 0.29) is 24.8 Å². The molecule has 0 unspecified atom stereocenters. The van der Waals surface area contributed by atoms with Crippen molar-refractivity contribution < 1.29 is 26.7 Å². The number of nitrogens with one attached hydrogen (secondary N) is 1. The minimum absolute atomic E-state index is 0.0302. The van der Waals surface area contributed by atoms with Crippen LogP contribution >= 0.6 is 0 Å². The van der Waals surface area contributed by atoms with E-state index in [1.165, 1.54) is 0 Å². The number of rotatable bonds is 6. The molecule has 2 aromatic carbocycles. The summed E-state index contributed by atoms with van der Waals surface area (Å²) in [6, 6.07) is 9.22. The number of ether oxygens (including phenoxy) is 1. The van der Waals surface area contributed by atoms with Crippen LogP contribution < -0.4 is 14.4 Å². The minimum atomic E-state index is -4.14. The van der Waals surface area contributed by atoms with E-state index in [4.69, 9.17) is 4.74 Å². The van der Waals surface area contributed by atoms with E-state index in [2.05, 4.69) is 4.72 Å². The summed E-state index contributed by atoms with van der Waals surface area (Å²) in [4.78, 5) is 13.2. The highest BCUT2D eigenvalue weighted by molar-refractivity contribution is 7.89. The number of amides is 1. The molecule has 1 aliphatic rings. The van der Waals surface area contributed by atoms with Gasteiger partial charge in [0.25, 0.3) is 0 Å². The zero-order valence-corrected chi connectivity index (χ0v) is 15.3. The molecule has 144 valence electrons. The molecular weight excluding hydrogens is 378 g/mol. The molecular formula is C18H18F2N2O4S. The van der Waals surface area contributed by atoms with Crippen molar-refractivity contribution in [3.63, 3.8) is 0 Å². The number of nitrogens with zero attached hydrogens (tertiary/aromatic N) is 1. The minimum Gasteiger partial charge on any atom is -0.497 e. The normalized spacial score (nSPS) is 17.4. The molecule has 0 radical (unpaired) electrons. The fraction of sp³-hybridized carbons (Fsp3) is 0.278. The summed E-state index contributed by atoms with van der Waals surface area (Å²) in [5.41, 5.74) is 0.690. The van der Waals surface area contributed by atoms with E-state index in [0.717, 1.165) is 12.1 Å². The Morgan fingerprint density at radius 2 is 1.89 bits per heavy atom. The van der Waals surface area contributed by atoms with Crippen molar-refractivity contribution in [2.75, 3.05) is 25.1 Å². The first kappa shape index (κ1) is 19.2. The molecule has 1 heterocycles. The Bertz CT molecular complexity index is 948. The molecule has 2 aromatic rings. The van der Waals surface area contributed by atoms with Gasteiger partial charge in [0.1, 0.15) is 22.3 Å². The Hall–Kier alpha value is -2.52. The first-order chi connectivity index (χ1) is 12.8. The highest BCUT2D eigenvalue weighted by Crippen LogP contribution is 2.27. The smallest absolute Gasteiger partial charge is 0.243 e. The summed E-state index contributed by atoms with van der Waals surface area (Å²) in [5.74, 6) is -1.75. The maximum absolute atomic E-state index is 13.7. The molecule has 9 heteroatoms. The van der Waals surface area contributed by atoms with Crippen LogP contribution in [-0.4, -0.2) is 34.5 Å². The predicted octanol–water partition coefficient (Wildman–Crippen LogP) is 2.30. The van der Waals surface area contributed by atoms with E-state index < -0.39 is 26.6 Å². The quantitative estimate of drug-likeness (QED) is 0.813. The van der Waals surface area contributed by atoms with E-state index in [9.17, 15) is 22.0 Å². The van der Waals surface area contributed by atoms with Crippen LogP contribution in [0.25, 0.3) is 0 Å². The highest BCUT2D eigenvalue weighted by atomic mass is 32.2. The third kappa shape index (κ3) is 4.25. The summed E-state index contributed by atoms with van der Waals surface area (Å²) in [5, 5.41) is 0. The molecule has 0 bridgehead atoms. The van der Waals surface area contributed by atoms with Gasteiger partial charge in [-0.2, -0.15) is 0 Å². The molecule has 0 spiro atoms. The van der Waals surface area contributed by atoms with Gasteiger partial charge in [0.2, 0.25) is 15.9 Å². The van der Waals surface area contributed by atoms with Gasteiger partial charge < -0.3 is 9.64 Å². The van der Waals surface area contributed by atoms with Crippen LogP contribution in [0.3, 0.4) is 0 Å². The van der Waals surface area contributed by atoms with Crippen molar-refractivity contribution >= 4 is 21.6 Å². The fourth-order valence-corrected chi connectivity index (χ4v) is 4.10. The van der Waals surface area contributed by atoms with Gasteiger partial charge in [0.05, 0.1) is 7.11 Å². The molecule has 1 aliphatic heterocycles. The van der Waals surface area contributed by atoms with E-state index >= 15 is 0 Å². The number of hydrogen-bond acceptors (Lipinski definition) is 4. The first-order valence-corrected chi connectivity index (χ1v) is 9.67. The molecule has 3 rings (SSSR count). The van der Waals surface area contributed by atoms with Gasteiger partial charge in [-0.1, -0.05) is 0 Å². The Balaban J connectivity index is 1.65. The molecule has 0 aromatic heterocycles. The lowest BCUT2D eigenvalue weighted by atomic mass is 10.1. The maximum Gasteiger partial charge on any atom is 0.243 e. The number of anilines is 1. The zero-order valence-electron chi connectivity index (χ0n) is 14.5. The molecule has 1 N–H and O–H groups in total. The largest absolute Gasteiger partial charge is 0.497 e. The van der Waals surface area contributed by atoms with Crippen molar-refractivity contribution in [3.8, 4) is 5.75 Å². The summed E-state index contributed by atoms with van der Waals surface area (Å²) in [7, 11) is -2.60. The molecule has 1 fully saturated rings. The van der Waals surface area contributed by atoms with Crippen molar-refractivity contribution in [2.45, 2.75) is 11.3 Å². The summed E-state index contributed by atoms with van der Waals surface area (Å²) >= 11 is 0. The topological polar surface area (TPSA) is 75.7 Å². The maximum atomic E-state index is 13.7. The van der Waals surface area contributed by atoms with Crippen LogP contribution in [0.4, 0.5) is 14.5 Å². The third-order valence-corrected chi connectivity index (χ3v) is 5.79. The van der Waals surface area contributed by atoms with E-state index in [1.54, 1.807) is 36.3 Å². The van der Waals surface area contributed by atoms with Crippen LogP contribution in [-0.2, 0) is 14.8 Å². The Morgan fingerprint density at radius 3 is 2.52 bits per heavy atom. The van der Waals surface area contributed by atoms with Crippen LogP contribution in [0, 0.1) is 17.6 Å². The number of hydrogen-bond donors (Lipinski definition) is 1. The number of sulfonamides is 1. The van der Waals surface area contributed by atoms with Gasteiger partial charge in [-0.15, -0.1) is 0 Å². The van der Waals surface area contributed by atoms with Crippen LogP contribution in [0.15, 0.2) is 47.4 Å². The summed E-state index contributed by atoms with van der Waals surface area (Å²) in [6.45, 7) is 0.303. The summed E-state index contributed by atoms with van der Waals surface area (Å²) < 4.78 is 58.5. The van der Waals surface area contributed by atoms with E-state index in [1.807, 2.05) is 0 Å². The third-order valence-electron chi connectivity index (χ3n) is 4.33. The number of benzene rings is 2. The standard InChI is InChI=1S/C18H18F2N2O4S/c1-26-15-5-3-14(4-6-15)22-11-12(8-18(22)23)10-21-27(24,25)17-7-2-13(19)9-16(17)20/h2-7,9,12,21H,8,10-11H2,1H3/t12-/m0/s1. The Morgan fingerprint density at radius 1 is 1.19 bits per heavy atom. The van der Waals surface area contributed by atoms with Crippen molar-refractivity contribution in [2.24, 2.45) is 5.92 Å². The van der Waals surface area contributed by atoms with Gasteiger partial charge in [0.15, 0.2) is 0 Å². The number of halogens is 2. The lowest BCUT2D eigenvalue weighted by Gasteiger charge is -2.17. The van der Waals surface area contributed by atoms with Crippen LogP contribution in [0.1, 0.15) is 6.42 Å². The highest BCUT2D eigenvalue weighted by Gasteiger charge is 2.32. The lowest BCUT2D eigenvalue weighted by Crippen LogP contribution is -2.31. The molecule has 0 aliphatic carbocycles. The molecule has 1 saturated heterocycles. The van der Waals surface area contributed by atoms with Crippen molar-refractivity contribution in [1.82, 2.24) is 4.72 Å². The second kappa shape index (κ2) is 7.61. The van der Waals surface area contributed by atoms with E-state index in [0.29, 0.717) is 24.0 Å². The zero-order chi connectivity index (χ0) is 19.6. The second-order valence-corrected chi connectivity index (χ2v) is 7.93. The molecule has 1 atom stereocenters. The summed E-state index contributed by atoms with van der Waals surface area (Å²) in [6.07, 6.45) is 0.167. The lowest BCUT2D eigenvalue weighted by molar-refractivity contribution is -0.117. The van der Waals surface area contributed by atoms with Gasteiger partial charge in [-0.05, 0) is 42.3 Å². The number of carbonyl (C=O) groups excluding carboxylic acids is 1. The van der Waals surface area contributed by atoms with Gasteiger partial charge in [0, 0.05) is 31.3 Å². The Labute approximate surface area is 155 Å². The number of methoxy groups -OCH3 is 1. The predicted molar refractivity (Wildman–Crippen MR) is 95.0 cm³/mol. The number of carbonyl (C=O) groups is 1. The van der Waals surface area contributed by atoms with Gasteiger partial charge >= 0.3 is 0 Å². The SMILES string of the molecule is COc1ccc(N2C[C@H](CNS(=O)(=O)c3ccc(F)cc3F)CC2=O)cc1. The molecule has 0 saturated carbocycles. The first-order valence-electron chi connectivity index (χ1n) is 8.19. The van der Waals surface area contributed by atoms with Crippen molar-refractivity contribution in [3.05, 3.63) is 54.1 Å². The van der Waals surface area contributed by atoms with Gasteiger partial charge in [-0.3, -0.25) is 4.79 Å². The Kier molecular flexibility index (Phi) is 5.43. The average molecular weight is 396 g/mol. The molecule has 27 heavy (non-hydrogen) atoms. The monoisotopic (exact) mass is 396 g/mol. The van der Waals surface area contributed by atoms with Gasteiger partial charge in [-0.25, -0.2) is 21.9 Å². The average Bonchev–Trinajstić information content (AvgIpc) is 3.01.